The first kappa shape index (κ1) is 27.6. The van der Waals surface area contributed by atoms with Crippen LogP contribution >= 0.6 is 0 Å². The Hall–Kier alpha value is -5.95. The number of carbonyl (C=O) groups is 3. The van der Waals surface area contributed by atoms with Gasteiger partial charge in [0.15, 0.2) is 5.78 Å². The normalized spacial score (nSPS) is 24.9. The molecule has 0 aromatic heterocycles. The van der Waals surface area contributed by atoms with Crippen LogP contribution in [0.1, 0.15) is 22.3 Å². The van der Waals surface area contributed by atoms with E-state index in [-0.39, 0.29) is 17.2 Å². The highest BCUT2D eigenvalue weighted by Crippen LogP contribution is 2.74. The minimum atomic E-state index is -1.50. The molecule has 2 fully saturated rings. The number of Topliss-reactive ketones (excluding diaryl/α,β-unsaturated/α-hetero) is 1. The molecule has 1 aliphatic heterocycles. The summed E-state index contributed by atoms with van der Waals surface area (Å²) >= 11 is 0. The van der Waals surface area contributed by atoms with Gasteiger partial charge in [0.05, 0.1) is 33.3 Å². The van der Waals surface area contributed by atoms with Crippen molar-refractivity contribution in [1.82, 2.24) is 0 Å². The van der Waals surface area contributed by atoms with Crippen LogP contribution in [-0.2, 0) is 25.2 Å². The Kier molecular flexibility index (Phi) is 6.02. The van der Waals surface area contributed by atoms with Gasteiger partial charge in [-0.3, -0.25) is 24.5 Å². The standard InChI is InChI=1S/C39H26N2O5/c42-35-33-34(36(43)40(35)29-21-23-30(24-22-29)41(45)46)39(28-19-11-4-12-20-28)32(26-15-7-2-8-16-26)31(25-13-5-1-6-14-25)38(33,37(39)44)27-17-9-3-10-18-27/h1-24,33-34H/t33-,34+,38-,39+. The van der Waals surface area contributed by atoms with E-state index < -0.39 is 39.4 Å². The number of allylic oxidation sites excluding steroid dienone is 2. The number of nitro benzene ring substituents is 1. The molecule has 3 aliphatic rings. The van der Waals surface area contributed by atoms with Crippen LogP contribution in [0.25, 0.3) is 11.1 Å². The number of nitro groups is 1. The molecule has 2 aliphatic carbocycles. The Balaban J connectivity index is 1.52. The van der Waals surface area contributed by atoms with Crippen molar-refractivity contribution in [2.24, 2.45) is 11.8 Å². The summed E-state index contributed by atoms with van der Waals surface area (Å²) in [6, 6.07) is 43.4. The maximum Gasteiger partial charge on any atom is 0.269 e. The molecule has 4 atom stereocenters. The van der Waals surface area contributed by atoms with Gasteiger partial charge in [-0.15, -0.1) is 0 Å². The Bertz CT molecular complexity index is 1960. The average Bonchev–Trinajstić information content (AvgIpc) is 3.62. The van der Waals surface area contributed by atoms with E-state index in [1.54, 1.807) is 0 Å². The lowest BCUT2D eigenvalue weighted by Crippen LogP contribution is -2.45. The monoisotopic (exact) mass is 602 g/mol. The number of benzene rings is 5. The molecule has 0 N–H and O–H groups in total. The van der Waals surface area contributed by atoms with Gasteiger partial charge < -0.3 is 0 Å². The number of non-ortho nitro benzene ring substituents is 1. The molecule has 7 nitrogen and oxygen atoms in total. The lowest BCUT2D eigenvalue weighted by molar-refractivity contribution is -0.384. The van der Waals surface area contributed by atoms with Crippen molar-refractivity contribution >= 4 is 40.1 Å². The second-order valence-electron chi connectivity index (χ2n) is 11.9. The third kappa shape index (κ3) is 3.39. The molecule has 8 rings (SSSR count). The van der Waals surface area contributed by atoms with Crippen molar-refractivity contribution in [1.29, 1.82) is 0 Å². The zero-order valence-corrected chi connectivity index (χ0v) is 24.4. The van der Waals surface area contributed by atoms with E-state index in [1.807, 2.05) is 121 Å². The maximum atomic E-state index is 15.8. The average molecular weight is 603 g/mol. The predicted octanol–water partition coefficient (Wildman–Crippen LogP) is 6.78. The number of hydrogen-bond acceptors (Lipinski definition) is 5. The van der Waals surface area contributed by atoms with Gasteiger partial charge >= 0.3 is 0 Å². The van der Waals surface area contributed by atoms with Crippen LogP contribution in [0.5, 0.6) is 0 Å². The van der Waals surface area contributed by atoms with E-state index in [0.717, 1.165) is 16.0 Å². The van der Waals surface area contributed by atoms with Crippen molar-refractivity contribution in [3.05, 3.63) is 178 Å². The second-order valence-corrected chi connectivity index (χ2v) is 11.9. The number of fused-ring (bicyclic) bond motifs is 5. The molecule has 7 heteroatoms. The summed E-state index contributed by atoms with van der Waals surface area (Å²) in [5, 5.41) is 11.4. The number of carbonyl (C=O) groups excluding carboxylic acids is 3. The summed E-state index contributed by atoms with van der Waals surface area (Å²) in [6.45, 7) is 0. The van der Waals surface area contributed by atoms with Crippen molar-refractivity contribution in [2.75, 3.05) is 4.90 Å². The van der Waals surface area contributed by atoms with Crippen LogP contribution in [0.2, 0.25) is 0 Å². The van der Waals surface area contributed by atoms with Gasteiger partial charge in [-0.2, -0.15) is 0 Å². The summed E-state index contributed by atoms with van der Waals surface area (Å²) in [6.07, 6.45) is 0. The van der Waals surface area contributed by atoms with E-state index >= 15 is 4.79 Å². The quantitative estimate of drug-likeness (QED) is 0.121. The molecular formula is C39H26N2O5. The molecule has 2 amide bonds. The number of anilines is 1. The van der Waals surface area contributed by atoms with E-state index in [0.29, 0.717) is 22.3 Å². The van der Waals surface area contributed by atoms with Crippen LogP contribution in [0, 0.1) is 22.0 Å². The molecule has 1 heterocycles. The number of imide groups is 1. The van der Waals surface area contributed by atoms with E-state index in [2.05, 4.69) is 0 Å². The highest BCUT2D eigenvalue weighted by Gasteiger charge is 2.82. The number of nitrogens with zero attached hydrogens (tertiary/aromatic N) is 2. The van der Waals surface area contributed by atoms with E-state index in [4.69, 9.17) is 0 Å². The zero-order chi connectivity index (χ0) is 31.6. The largest absolute Gasteiger partial charge is 0.297 e. The minimum absolute atomic E-state index is 0.154. The number of rotatable bonds is 6. The first-order valence-electron chi connectivity index (χ1n) is 15.1. The maximum absolute atomic E-state index is 15.8. The van der Waals surface area contributed by atoms with Crippen LogP contribution in [0.15, 0.2) is 146 Å². The van der Waals surface area contributed by atoms with Gasteiger partial charge in [0.25, 0.3) is 5.69 Å². The predicted molar refractivity (Wildman–Crippen MR) is 174 cm³/mol. The second kappa shape index (κ2) is 10.0. The summed E-state index contributed by atoms with van der Waals surface area (Å²) in [5.41, 5.74) is 1.38. The molecule has 2 bridgehead atoms. The number of amides is 2. The fourth-order valence-corrected chi connectivity index (χ4v) is 8.31. The lowest BCUT2D eigenvalue weighted by Gasteiger charge is -2.39. The zero-order valence-electron chi connectivity index (χ0n) is 24.4. The van der Waals surface area contributed by atoms with Gasteiger partial charge in [-0.05, 0) is 45.5 Å². The van der Waals surface area contributed by atoms with E-state index in [9.17, 15) is 19.7 Å². The Labute approximate surface area is 264 Å². The van der Waals surface area contributed by atoms with Crippen molar-refractivity contribution < 1.29 is 19.3 Å². The molecule has 5 aromatic carbocycles. The molecule has 46 heavy (non-hydrogen) atoms. The van der Waals surface area contributed by atoms with E-state index in [1.165, 1.54) is 24.3 Å². The fourth-order valence-electron chi connectivity index (χ4n) is 8.31. The Morgan fingerprint density at radius 1 is 0.522 bits per heavy atom. The van der Waals surface area contributed by atoms with Gasteiger partial charge in [-0.25, -0.2) is 4.90 Å². The summed E-state index contributed by atoms with van der Waals surface area (Å²) in [7, 11) is 0. The molecule has 1 saturated heterocycles. The highest BCUT2D eigenvalue weighted by molar-refractivity contribution is 6.39. The lowest BCUT2D eigenvalue weighted by atomic mass is 9.59. The van der Waals surface area contributed by atoms with Crippen LogP contribution < -0.4 is 4.90 Å². The molecule has 0 unspecified atom stereocenters. The molecule has 222 valence electrons. The SMILES string of the molecule is O=C1[C@@H]2[C@H](C(=O)N1c1ccc([N+](=O)[O-])cc1)[C@]1(c3ccccc3)C(=O)[C@@]2(c2ccccc2)C(c2ccccc2)=C1c1ccccc1. The number of ketones is 1. The van der Waals surface area contributed by atoms with Crippen LogP contribution in [-0.4, -0.2) is 22.5 Å². The summed E-state index contributed by atoms with van der Waals surface area (Å²) in [4.78, 5) is 57.7. The van der Waals surface area contributed by atoms with Gasteiger partial charge in [-0.1, -0.05) is 121 Å². The summed E-state index contributed by atoms with van der Waals surface area (Å²) in [5.74, 6) is -3.32. The van der Waals surface area contributed by atoms with Crippen LogP contribution in [0.3, 0.4) is 0 Å². The molecule has 5 aromatic rings. The molecular weight excluding hydrogens is 576 g/mol. The van der Waals surface area contributed by atoms with Crippen molar-refractivity contribution in [3.8, 4) is 0 Å². The van der Waals surface area contributed by atoms with Crippen molar-refractivity contribution in [2.45, 2.75) is 10.8 Å². The fraction of sp³-hybridized carbons (Fsp3) is 0.103. The first-order valence-corrected chi connectivity index (χ1v) is 15.1. The first-order chi connectivity index (χ1) is 22.4. The van der Waals surface area contributed by atoms with Crippen LogP contribution in [0.4, 0.5) is 11.4 Å². The highest BCUT2D eigenvalue weighted by atomic mass is 16.6. The molecule has 0 spiro atoms. The number of hydrogen-bond donors (Lipinski definition) is 0. The minimum Gasteiger partial charge on any atom is -0.297 e. The molecule has 1 saturated carbocycles. The van der Waals surface area contributed by atoms with Gasteiger partial charge in [0.1, 0.15) is 0 Å². The third-order valence-corrected chi connectivity index (χ3v) is 9.90. The topological polar surface area (TPSA) is 97.6 Å². The van der Waals surface area contributed by atoms with Gasteiger partial charge in [0.2, 0.25) is 11.8 Å². The molecule has 0 radical (unpaired) electrons. The Morgan fingerprint density at radius 2 is 0.891 bits per heavy atom. The third-order valence-electron chi connectivity index (χ3n) is 9.90. The smallest absolute Gasteiger partial charge is 0.269 e. The van der Waals surface area contributed by atoms with Crippen molar-refractivity contribution in [3.63, 3.8) is 0 Å². The van der Waals surface area contributed by atoms with Gasteiger partial charge in [0, 0.05) is 12.1 Å². The summed E-state index contributed by atoms with van der Waals surface area (Å²) < 4.78 is 0. The Morgan fingerprint density at radius 3 is 1.26 bits per heavy atom.